The molecule has 3 rings (SSSR count). The molecule has 19 heavy (non-hydrogen) atoms. The molecule has 1 amide bonds. The van der Waals surface area contributed by atoms with Crippen LogP contribution in [-0.4, -0.2) is 17.6 Å². The van der Waals surface area contributed by atoms with Crippen LogP contribution in [0.1, 0.15) is 31.2 Å². The van der Waals surface area contributed by atoms with Crippen LogP contribution >= 0.6 is 0 Å². The SMILES string of the molecule is O=C(Nc1cccc(CCCO)c1)C1CC2CC2C1. The van der Waals surface area contributed by atoms with Gasteiger partial charge in [0.05, 0.1) is 0 Å². The highest BCUT2D eigenvalue weighted by atomic mass is 16.2. The number of benzene rings is 1. The van der Waals surface area contributed by atoms with Gasteiger partial charge < -0.3 is 10.4 Å². The van der Waals surface area contributed by atoms with Crippen molar-refractivity contribution < 1.29 is 9.90 Å². The minimum atomic E-state index is 0.187. The second kappa shape index (κ2) is 5.33. The standard InChI is InChI=1S/C16H21NO2/c18-6-2-4-11-3-1-5-15(7-11)17-16(19)14-9-12-8-13(12)10-14/h1,3,5,7,12-14,18H,2,4,6,8-10H2,(H,17,19). The van der Waals surface area contributed by atoms with Crippen LogP contribution in [0, 0.1) is 17.8 Å². The maximum Gasteiger partial charge on any atom is 0.227 e. The number of aliphatic hydroxyl groups excluding tert-OH is 1. The molecule has 0 heterocycles. The average Bonchev–Trinajstić information content (AvgIpc) is 3.03. The lowest BCUT2D eigenvalue weighted by atomic mass is 10.0. The van der Waals surface area contributed by atoms with Crippen LogP contribution in [0.25, 0.3) is 0 Å². The molecule has 2 aliphatic rings. The van der Waals surface area contributed by atoms with Gasteiger partial charge in [-0.05, 0) is 61.6 Å². The topological polar surface area (TPSA) is 49.3 Å². The van der Waals surface area contributed by atoms with E-state index in [2.05, 4.69) is 5.32 Å². The molecular weight excluding hydrogens is 238 g/mol. The molecule has 0 spiro atoms. The van der Waals surface area contributed by atoms with E-state index in [-0.39, 0.29) is 18.4 Å². The van der Waals surface area contributed by atoms with Gasteiger partial charge in [0.15, 0.2) is 0 Å². The van der Waals surface area contributed by atoms with Crippen molar-refractivity contribution in [2.45, 2.75) is 32.1 Å². The van der Waals surface area contributed by atoms with Gasteiger partial charge in [-0.3, -0.25) is 4.79 Å². The molecule has 2 saturated carbocycles. The Morgan fingerprint density at radius 3 is 2.79 bits per heavy atom. The number of aliphatic hydroxyl groups is 1. The van der Waals surface area contributed by atoms with E-state index in [0.29, 0.717) is 0 Å². The van der Waals surface area contributed by atoms with Gasteiger partial charge in [-0.1, -0.05) is 12.1 Å². The molecule has 0 aromatic heterocycles. The lowest BCUT2D eigenvalue weighted by Gasteiger charge is -2.13. The monoisotopic (exact) mass is 259 g/mol. The van der Waals surface area contributed by atoms with E-state index in [1.807, 2.05) is 24.3 Å². The van der Waals surface area contributed by atoms with E-state index < -0.39 is 0 Å². The van der Waals surface area contributed by atoms with Crippen molar-refractivity contribution in [2.75, 3.05) is 11.9 Å². The Morgan fingerprint density at radius 2 is 2.05 bits per heavy atom. The zero-order valence-electron chi connectivity index (χ0n) is 11.1. The lowest BCUT2D eigenvalue weighted by molar-refractivity contribution is -0.120. The molecule has 3 heteroatoms. The van der Waals surface area contributed by atoms with E-state index in [1.54, 1.807) is 0 Å². The summed E-state index contributed by atoms with van der Waals surface area (Å²) in [5, 5.41) is 11.9. The first-order valence-electron chi connectivity index (χ1n) is 7.27. The molecule has 2 fully saturated rings. The number of fused-ring (bicyclic) bond motifs is 1. The Bertz CT molecular complexity index is 462. The highest BCUT2D eigenvalue weighted by Crippen LogP contribution is 2.54. The largest absolute Gasteiger partial charge is 0.396 e. The molecule has 1 aromatic rings. The summed E-state index contributed by atoms with van der Waals surface area (Å²) in [6.45, 7) is 0.210. The van der Waals surface area contributed by atoms with Gasteiger partial charge in [0, 0.05) is 18.2 Å². The highest BCUT2D eigenvalue weighted by Gasteiger charge is 2.47. The van der Waals surface area contributed by atoms with Crippen LogP contribution in [0.2, 0.25) is 0 Å². The molecule has 2 unspecified atom stereocenters. The average molecular weight is 259 g/mol. The number of aryl methyl sites for hydroxylation is 1. The molecule has 3 nitrogen and oxygen atoms in total. The van der Waals surface area contributed by atoms with Crippen LogP contribution in [0.4, 0.5) is 5.69 Å². The number of nitrogens with one attached hydrogen (secondary N) is 1. The van der Waals surface area contributed by atoms with E-state index in [4.69, 9.17) is 5.11 Å². The van der Waals surface area contributed by atoms with E-state index >= 15 is 0 Å². The van der Waals surface area contributed by atoms with Gasteiger partial charge in [0.25, 0.3) is 0 Å². The molecule has 102 valence electrons. The summed E-state index contributed by atoms with van der Waals surface area (Å²) in [6, 6.07) is 7.96. The van der Waals surface area contributed by atoms with Crippen LogP contribution in [0.3, 0.4) is 0 Å². The van der Waals surface area contributed by atoms with E-state index in [1.165, 1.54) is 12.0 Å². The Morgan fingerprint density at radius 1 is 1.26 bits per heavy atom. The van der Waals surface area contributed by atoms with Gasteiger partial charge in [0.2, 0.25) is 5.91 Å². The van der Waals surface area contributed by atoms with E-state index in [9.17, 15) is 4.79 Å². The molecule has 2 N–H and O–H groups in total. The number of anilines is 1. The second-order valence-corrected chi connectivity index (χ2v) is 5.94. The Kier molecular flexibility index (Phi) is 3.56. The number of carbonyl (C=O) groups is 1. The first-order chi connectivity index (χ1) is 9.26. The van der Waals surface area contributed by atoms with E-state index in [0.717, 1.165) is 43.2 Å². The molecule has 0 bridgehead atoms. The normalized spacial score (nSPS) is 27.9. The van der Waals surface area contributed by atoms with Gasteiger partial charge >= 0.3 is 0 Å². The minimum Gasteiger partial charge on any atom is -0.396 e. The quantitative estimate of drug-likeness (QED) is 0.854. The molecule has 0 radical (unpaired) electrons. The van der Waals surface area contributed by atoms with Gasteiger partial charge in [0.1, 0.15) is 0 Å². The summed E-state index contributed by atoms with van der Waals surface area (Å²) in [5.74, 6) is 2.09. The Hall–Kier alpha value is -1.35. The predicted molar refractivity (Wildman–Crippen MR) is 74.8 cm³/mol. The summed E-state index contributed by atoms with van der Waals surface area (Å²) in [7, 11) is 0. The van der Waals surface area contributed by atoms with Gasteiger partial charge in [-0.25, -0.2) is 0 Å². The molecule has 2 aliphatic carbocycles. The third-order valence-electron chi connectivity index (χ3n) is 4.43. The van der Waals surface area contributed by atoms with Crippen LogP contribution < -0.4 is 5.32 Å². The van der Waals surface area contributed by atoms with Crippen LogP contribution in [-0.2, 0) is 11.2 Å². The van der Waals surface area contributed by atoms with Crippen molar-refractivity contribution in [1.29, 1.82) is 0 Å². The molecule has 2 atom stereocenters. The van der Waals surface area contributed by atoms with Crippen molar-refractivity contribution in [3.63, 3.8) is 0 Å². The van der Waals surface area contributed by atoms with Crippen LogP contribution in [0.15, 0.2) is 24.3 Å². The van der Waals surface area contributed by atoms with Crippen molar-refractivity contribution >= 4 is 11.6 Å². The fourth-order valence-electron chi connectivity index (χ4n) is 3.26. The van der Waals surface area contributed by atoms with Crippen molar-refractivity contribution in [3.8, 4) is 0 Å². The summed E-state index contributed by atoms with van der Waals surface area (Å²) < 4.78 is 0. The highest BCUT2D eigenvalue weighted by molar-refractivity contribution is 5.92. The van der Waals surface area contributed by atoms with Crippen molar-refractivity contribution in [1.82, 2.24) is 0 Å². The number of hydrogen-bond donors (Lipinski definition) is 2. The molecule has 0 aliphatic heterocycles. The summed E-state index contributed by atoms with van der Waals surface area (Å²) in [6.07, 6.45) is 5.14. The third-order valence-corrected chi connectivity index (χ3v) is 4.43. The van der Waals surface area contributed by atoms with Gasteiger partial charge in [-0.2, -0.15) is 0 Å². The van der Waals surface area contributed by atoms with Gasteiger partial charge in [-0.15, -0.1) is 0 Å². The van der Waals surface area contributed by atoms with Crippen molar-refractivity contribution in [3.05, 3.63) is 29.8 Å². The Balaban J connectivity index is 1.57. The van der Waals surface area contributed by atoms with Crippen molar-refractivity contribution in [2.24, 2.45) is 17.8 Å². The zero-order chi connectivity index (χ0) is 13.2. The summed E-state index contributed by atoms with van der Waals surface area (Å²) >= 11 is 0. The maximum absolute atomic E-state index is 12.2. The number of hydrogen-bond acceptors (Lipinski definition) is 2. The molecule has 1 aromatic carbocycles. The second-order valence-electron chi connectivity index (χ2n) is 5.94. The predicted octanol–water partition coefficient (Wildman–Crippen LogP) is 2.60. The minimum absolute atomic E-state index is 0.187. The first-order valence-corrected chi connectivity index (χ1v) is 7.27. The number of carbonyl (C=O) groups excluding carboxylic acids is 1. The zero-order valence-corrected chi connectivity index (χ0v) is 11.1. The third kappa shape index (κ3) is 2.98. The maximum atomic E-state index is 12.2. The fourth-order valence-corrected chi connectivity index (χ4v) is 3.26. The molecule has 0 saturated heterocycles. The summed E-state index contributed by atoms with van der Waals surface area (Å²) in [4.78, 5) is 12.2. The summed E-state index contributed by atoms with van der Waals surface area (Å²) in [5.41, 5.74) is 2.06. The lowest BCUT2D eigenvalue weighted by Crippen LogP contribution is -2.21. The number of rotatable bonds is 5. The Labute approximate surface area is 114 Å². The fraction of sp³-hybridized carbons (Fsp3) is 0.562. The van der Waals surface area contributed by atoms with Crippen LogP contribution in [0.5, 0.6) is 0 Å². The molecular formula is C16H21NO2. The number of amides is 1. The smallest absolute Gasteiger partial charge is 0.227 e. The first kappa shape index (κ1) is 12.7.